The number of para-hydroxylation sites is 1. The first-order chi connectivity index (χ1) is 13.2. The maximum atomic E-state index is 12.3. The molecule has 132 valence electrons. The van der Waals surface area contributed by atoms with Gasteiger partial charge in [0, 0.05) is 5.56 Å². The highest BCUT2D eigenvalue weighted by Crippen LogP contribution is 2.18. The van der Waals surface area contributed by atoms with E-state index in [0.717, 1.165) is 11.2 Å². The first-order valence-electron chi connectivity index (χ1n) is 8.38. The molecule has 0 spiro atoms. The van der Waals surface area contributed by atoms with E-state index in [0.29, 0.717) is 16.6 Å². The van der Waals surface area contributed by atoms with E-state index < -0.39 is 5.97 Å². The molecule has 4 rings (SSSR count). The van der Waals surface area contributed by atoms with Crippen LogP contribution in [0.15, 0.2) is 78.9 Å². The van der Waals surface area contributed by atoms with Crippen molar-refractivity contribution in [3.63, 3.8) is 0 Å². The molecule has 0 atom stereocenters. The zero-order chi connectivity index (χ0) is 18.6. The molecule has 0 fully saturated rings. The Balaban J connectivity index is 1.51. The van der Waals surface area contributed by atoms with Gasteiger partial charge in [0.05, 0.1) is 16.8 Å². The number of Topliss-reactive ketones (excluding diaryl/α,β-unsaturated/α-hetero) is 1. The molecule has 0 N–H and O–H groups in total. The summed E-state index contributed by atoms with van der Waals surface area (Å²) >= 11 is 0. The quantitative estimate of drug-likeness (QED) is 0.404. The molecule has 0 saturated heterocycles. The third-order valence-electron chi connectivity index (χ3n) is 4.11. The Morgan fingerprint density at radius 2 is 1.56 bits per heavy atom. The van der Waals surface area contributed by atoms with Gasteiger partial charge < -0.3 is 4.74 Å². The van der Waals surface area contributed by atoms with E-state index in [9.17, 15) is 9.59 Å². The molecule has 27 heavy (non-hydrogen) atoms. The van der Waals surface area contributed by atoms with Crippen LogP contribution in [0.3, 0.4) is 0 Å². The smallest absolute Gasteiger partial charge is 0.338 e. The second-order valence-electron chi connectivity index (χ2n) is 5.91. The highest BCUT2D eigenvalue weighted by molar-refractivity contribution is 6.00. The van der Waals surface area contributed by atoms with Gasteiger partial charge in [0.25, 0.3) is 0 Å². The van der Waals surface area contributed by atoms with Crippen LogP contribution in [-0.4, -0.2) is 33.4 Å². The average Bonchev–Trinajstić information content (AvgIpc) is 3.16. The van der Waals surface area contributed by atoms with Crippen LogP contribution in [0.25, 0.3) is 16.7 Å². The highest BCUT2D eigenvalue weighted by Gasteiger charge is 2.14. The zero-order valence-corrected chi connectivity index (χ0v) is 14.3. The SMILES string of the molecule is O=C(COC(=O)c1ccc2c(c1)nnn2-c1ccccc1)c1ccccc1. The number of hydrogen-bond acceptors (Lipinski definition) is 5. The molecule has 3 aromatic carbocycles. The minimum Gasteiger partial charge on any atom is -0.454 e. The number of esters is 1. The Kier molecular flexibility index (Phi) is 4.45. The molecule has 0 radical (unpaired) electrons. The molecule has 6 nitrogen and oxygen atoms in total. The third kappa shape index (κ3) is 3.46. The fourth-order valence-corrected chi connectivity index (χ4v) is 2.73. The molecular formula is C21H15N3O3. The van der Waals surface area contributed by atoms with Gasteiger partial charge in [-0.25, -0.2) is 9.48 Å². The second-order valence-corrected chi connectivity index (χ2v) is 5.91. The number of rotatable bonds is 5. The van der Waals surface area contributed by atoms with Gasteiger partial charge in [-0.05, 0) is 30.3 Å². The number of carbonyl (C=O) groups is 2. The summed E-state index contributed by atoms with van der Waals surface area (Å²) in [6.07, 6.45) is 0. The molecule has 4 aromatic rings. The van der Waals surface area contributed by atoms with Crippen LogP contribution in [0.2, 0.25) is 0 Å². The Labute approximate surface area is 155 Å². The molecule has 1 heterocycles. The number of hydrogen-bond donors (Lipinski definition) is 0. The van der Waals surface area contributed by atoms with Gasteiger partial charge in [-0.3, -0.25) is 4.79 Å². The average molecular weight is 357 g/mol. The second kappa shape index (κ2) is 7.21. The number of ether oxygens (including phenoxy) is 1. The van der Waals surface area contributed by atoms with Crippen molar-refractivity contribution in [1.29, 1.82) is 0 Å². The van der Waals surface area contributed by atoms with Crippen LogP contribution in [0.5, 0.6) is 0 Å². The monoisotopic (exact) mass is 357 g/mol. The first kappa shape index (κ1) is 16.7. The summed E-state index contributed by atoms with van der Waals surface area (Å²) in [6.45, 7) is -0.308. The van der Waals surface area contributed by atoms with E-state index in [4.69, 9.17) is 4.74 Å². The van der Waals surface area contributed by atoms with Gasteiger partial charge in [-0.2, -0.15) is 0 Å². The number of aromatic nitrogens is 3. The van der Waals surface area contributed by atoms with E-state index in [1.54, 1.807) is 47.1 Å². The van der Waals surface area contributed by atoms with Crippen molar-refractivity contribution < 1.29 is 14.3 Å². The van der Waals surface area contributed by atoms with Crippen LogP contribution in [0.4, 0.5) is 0 Å². The lowest BCUT2D eigenvalue weighted by atomic mass is 10.1. The minimum atomic E-state index is -0.574. The number of nitrogens with zero attached hydrogens (tertiary/aromatic N) is 3. The van der Waals surface area contributed by atoms with Crippen molar-refractivity contribution in [2.24, 2.45) is 0 Å². The number of carbonyl (C=O) groups excluding carboxylic acids is 2. The molecule has 0 bridgehead atoms. The normalized spacial score (nSPS) is 10.7. The summed E-state index contributed by atoms with van der Waals surface area (Å²) in [5, 5.41) is 8.26. The van der Waals surface area contributed by atoms with E-state index in [1.807, 2.05) is 36.4 Å². The Hall–Kier alpha value is -3.80. The van der Waals surface area contributed by atoms with E-state index in [2.05, 4.69) is 10.3 Å². The number of fused-ring (bicyclic) bond motifs is 1. The third-order valence-corrected chi connectivity index (χ3v) is 4.11. The fraction of sp³-hybridized carbons (Fsp3) is 0.0476. The first-order valence-corrected chi connectivity index (χ1v) is 8.38. The number of ketones is 1. The molecule has 0 aliphatic carbocycles. The van der Waals surface area contributed by atoms with Gasteiger partial charge >= 0.3 is 5.97 Å². The summed E-state index contributed by atoms with van der Waals surface area (Å²) in [4.78, 5) is 24.3. The van der Waals surface area contributed by atoms with Crippen molar-refractivity contribution in [1.82, 2.24) is 15.0 Å². The van der Waals surface area contributed by atoms with Crippen LogP contribution in [-0.2, 0) is 4.74 Å². The number of benzene rings is 3. The van der Waals surface area contributed by atoms with Crippen LogP contribution < -0.4 is 0 Å². The van der Waals surface area contributed by atoms with E-state index in [1.165, 1.54) is 0 Å². The summed E-state index contributed by atoms with van der Waals surface area (Å²) in [6, 6.07) is 23.3. The molecule has 0 saturated carbocycles. The maximum absolute atomic E-state index is 12.3. The molecule has 0 aliphatic heterocycles. The highest BCUT2D eigenvalue weighted by atomic mass is 16.5. The molecule has 0 unspecified atom stereocenters. The molecule has 6 heteroatoms. The lowest BCUT2D eigenvalue weighted by molar-refractivity contribution is 0.0475. The Morgan fingerprint density at radius 3 is 2.30 bits per heavy atom. The summed E-state index contributed by atoms with van der Waals surface area (Å²) in [5.74, 6) is -0.824. The topological polar surface area (TPSA) is 74.1 Å². The van der Waals surface area contributed by atoms with Gasteiger partial charge in [0.2, 0.25) is 0 Å². The zero-order valence-electron chi connectivity index (χ0n) is 14.3. The molecule has 0 aliphatic rings. The minimum absolute atomic E-state index is 0.250. The van der Waals surface area contributed by atoms with E-state index >= 15 is 0 Å². The van der Waals surface area contributed by atoms with Crippen LogP contribution in [0, 0.1) is 0 Å². The van der Waals surface area contributed by atoms with Crippen molar-refractivity contribution >= 4 is 22.8 Å². The van der Waals surface area contributed by atoms with Gasteiger partial charge in [0.1, 0.15) is 5.52 Å². The van der Waals surface area contributed by atoms with Gasteiger partial charge in [-0.15, -0.1) is 5.10 Å². The summed E-state index contributed by atoms with van der Waals surface area (Å²) < 4.78 is 6.84. The van der Waals surface area contributed by atoms with Crippen molar-refractivity contribution in [2.45, 2.75) is 0 Å². The largest absolute Gasteiger partial charge is 0.454 e. The van der Waals surface area contributed by atoms with Crippen LogP contribution in [0.1, 0.15) is 20.7 Å². The maximum Gasteiger partial charge on any atom is 0.338 e. The van der Waals surface area contributed by atoms with Crippen molar-refractivity contribution in [3.05, 3.63) is 90.0 Å². The van der Waals surface area contributed by atoms with E-state index in [-0.39, 0.29) is 12.4 Å². The fourth-order valence-electron chi connectivity index (χ4n) is 2.73. The lowest BCUT2D eigenvalue weighted by Gasteiger charge is -2.05. The Morgan fingerprint density at radius 1 is 0.852 bits per heavy atom. The standard InChI is InChI=1S/C21H15N3O3/c25-20(15-7-3-1-4-8-15)14-27-21(26)16-11-12-19-18(13-16)22-23-24(19)17-9-5-2-6-10-17/h1-13H,14H2. The predicted molar refractivity (Wildman–Crippen MR) is 99.9 cm³/mol. The van der Waals surface area contributed by atoms with Crippen LogP contribution >= 0.6 is 0 Å². The van der Waals surface area contributed by atoms with Gasteiger partial charge in [0.15, 0.2) is 12.4 Å². The predicted octanol–water partition coefficient (Wildman–Crippen LogP) is 3.46. The summed E-state index contributed by atoms with van der Waals surface area (Å²) in [7, 11) is 0. The van der Waals surface area contributed by atoms with Crippen molar-refractivity contribution in [3.8, 4) is 5.69 Å². The summed E-state index contributed by atoms with van der Waals surface area (Å²) in [5.41, 5.74) is 3.06. The lowest BCUT2D eigenvalue weighted by Crippen LogP contribution is -2.14. The molecule has 0 amide bonds. The Bertz CT molecular complexity index is 1110. The van der Waals surface area contributed by atoms with Crippen molar-refractivity contribution in [2.75, 3.05) is 6.61 Å². The molecule has 1 aromatic heterocycles. The molecular weight excluding hydrogens is 342 g/mol. The van der Waals surface area contributed by atoms with Gasteiger partial charge in [-0.1, -0.05) is 53.7 Å².